The molecule has 6 heteroatoms. The highest BCUT2D eigenvalue weighted by atomic mass is 19.1. The van der Waals surface area contributed by atoms with Gasteiger partial charge in [-0.15, -0.1) is 0 Å². The van der Waals surface area contributed by atoms with E-state index in [1.54, 1.807) is 6.92 Å². The molecule has 0 unspecified atom stereocenters. The fourth-order valence-corrected chi connectivity index (χ4v) is 2.04. The van der Waals surface area contributed by atoms with Crippen LogP contribution in [0.1, 0.15) is 12.5 Å². The highest BCUT2D eigenvalue weighted by Crippen LogP contribution is 2.47. The summed E-state index contributed by atoms with van der Waals surface area (Å²) in [6.07, 6.45) is 2.56. The first kappa shape index (κ1) is 10.3. The van der Waals surface area contributed by atoms with Crippen LogP contribution in [0.3, 0.4) is 0 Å². The van der Waals surface area contributed by atoms with Crippen molar-refractivity contribution in [3.63, 3.8) is 0 Å². The quantitative estimate of drug-likeness (QED) is 0.746. The Kier molecular flexibility index (Phi) is 2.03. The molecule has 0 aliphatic carbocycles. The van der Waals surface area contributed by atoms with Gasteiger partial charge in [0.05, 0.1) is 0 Å². The maximum absolute atomic E-state index is 13.8. The van der Waals surface area contributed by atoms with Gasteiger partial charge in [-0.3, -0.25) is 0 Å². The van der Waals surface area contributed by atoms with Crippen LogP contribution in [0, 0.1) is 11.6 Å². The summed E-state index contributed by atoms with van der Waals surface area (Å²) in [6.45, 7) is 1.80. The number of ether oxygens (including phenoxy) is 1. The summed E-state index contributed by atoms with van der Waals surface area (Å²) in [7, 11) is 0. The van der Waals surface area contributed by atoms with Crippen LogP contribution < -0.4 is 0 Å². The maximum atomic E-state index is 13.8. The Morgan fingerprint density at radius 1 is 1.41 bits per heavy atom. The minimum atomic E-state index is -0.992. The molecule has 0 amide bonds. The fourth-order valence-electron chi connectivity index (χ4n) is 2.04. The van der Waals surface area contributed by atoms with Crippen LogP contribution in [-0.4, -0.2) is 20.9 Å². The average molecular weight is 237 g/mol. The van der Waals surface area contributed by atoms with Crippen molar-refractivity contribution in [2.24, 2.45) is 0 Å². The van der Waals surface area contributed by atoms with Crippen LogP contribution in [0.25, 0.3) is 0 Å². The summed E-state index contributed by atoms with van der Waals surface area (Å²) in [5.41, 5.74) is -0.731. The summed E-state index contributed by atoms with van der Waals surface area (Å²) in [5, 5.41) is 3.96. The largest absolute Gasteiger partial charge is 0.339 e. The number of halogens is 2. The Hall–Kier alpha value is -1.82. The third-order valence-electron chi connectivity index (χ3n) is 2.93. The van der Waals surface area contributed by atoms with Crippen molar-refractivity contribution in [2.75, 3.05) is 0 Å². The summed E-state index contributed by atoms with van der Waals surface area (Å²) >= 11 is 0. The number of nitrogens with zero attached hydrogens (tertiary/aromatic N) is 3. The Balaban J connectivity index is 2.14. The van der Waals surface area contributed by atoms with E-state index in [0.717, 1.165) is 6.07 Å². The second kappa shape index (κ2) is 3.33. The van der Waals surface area contributed by atoms with E-state index < -0.39 is 17.4 Å². The number of hydrogen-bond acceptors (Lipinski definition) is 3. The van der Waals surface area contributed by atoms with E-state index in [2.05, 4.69) is 10.1 Å². The lowest BCUT2D eigenvalue weighted by Gasteiger charge is -2.13. The molecule has 0 spiro atoms. The lowest BCUT2D eigenvalue weighted by molar-refractivity contribution is 0.240. The van der Waals surface area contributed by atoms with Crippen molar-refractivity contribution >= 4 is 0 Å². The molecule has 3 rings (SSSR count). The van der Waals surface area contributed by atoms with E-state index in [-0.39, 0.29) is 11.7 Å². The Morgan fingerprint density at radius 3 is 2.71 bits per heavy atom. The van der Waals surface area contributed by atoms with E-state index >= 15 is 0 Å². The molecule has 0 bridgehead atoms. The monoisotopic (exact) mass is 237 g/mol. The third-order valence-corrected chi connectivity index (χ3v) is 2.93. The average Bonchev–Trinajstić information content (AvgIpc) is 2.77. The van der Waals surface area contributed by atoms with E-state index in [9.17, 15) is 8.78 Å². The van der Waals surface area contributed by atoms with Gasteiger partial charge in [0.1, 0.15) is 30.4 Å². The van der Waals surface area contributed by atoms with Gasteiger partial charge in [-0.1, -0.05) is 0 Å². The molecule has 88 valence electrons. The zero-order valence-corrected chi connectivity index (χ0v) is 8.97. The molecule has 1 aromatic heterocycles. The van der Waals surface area contributed by atoms with Crippen LogP contribution in [0.15, 0.2) is 30.9 Å². The molecular weight excluding hydrogens is 228 g/mol. The molecule has 0 N–H and O–H groups in total. The summed E-state index contributed by atoms with van der Waals surface area (Å²) in [6, 6.07) is 3.41. The van der Waals surface area contributed by atoms with E-state index in [1.807, 2.05) is 0 Å². The number of benzene rings is 1. The van der Waals surface area contributed by atoms with Crippen LogP contribution in [0.4, 0.5) is 8.78 Å². The van der Waals surface area contributed by atoms with Gasteiger partial charge >= 0.3 is 0 Å². The molecular formula is C11H9F2N3O. The molecule has 2 atom stereocenters. The highest BCUT2D eigenvalue weighted by molar-refractivity contribution is 5.30. The summed E-state index contributed by atoms with van der Waals surface area (Å²) in [4.78, 5) is 3.81. The van der Waals surface area contributed by atoms with Crippen LogP contribution in [0.2, 0.25) is 0 Å². The van der Waals surface area contributed by atoms with E-state index in [4.69, 9.17) is 4.74 Å². The number of hydrogen-bond donors (Lipinski definition) is 0. The van der Waals surface area contributed by atoms with E-state index in [1.165, 1.54) is 29.5 Å². The van der Waals surface area contributed by atoms with Gasteiger partial charge in [-0.25, -0.2) is 18.4 Å². The predicted octanol–water partition coefficient (Wildman–Crippen LogP) is 1.68. The molecule has 2 aromatic rings. The molecule has 0 saturated carbocycles. The first-order chi connectivity index (χ1) is 8.14. The Bertz CT molecular complexity index is 558. The highest BCUT2D eigenvalue weighted by Gasteiger charge is 2.59. The van der Waals surface area contributed by atoms with Gasteiger partial charge in [0.15, 0.2) is 0 Å². The second-order valence-corrected chi connectivity index (χ2v) is 3.92. The maximum Gasteiger partial charge on any atom is 0.217 e. The first-order valence-electron chi connectivity index (χ1n) is 5.13. The van der Waals surface area contributed by atoms with Crippen molar-refractivity contribution in [1.29, 1.82) is 0 Å². The van der Waals surface area contributed by atoms with Crippen molar-refractivity contribution in [3.8, 4) is 0 Å². The van der Waals surface area contributed by atoms with Crippen molar-refractivity contribution in [1.82, 2.24) is 14.8 Å². The fraction of sp³-hybridized carbons (Fsp3) is 0.273. The Labute approximate surface area is 95.8 Å². The second-order valence-electron chi connectivity index (χ2n) is 3.92. The van der Waals surface area contributed by atoms with Gasteiger partial charge in [0.25, 0.3) is 0 Å². The zero-order valence-electron chi connectivity index (χ0n) is 8.97. The predicted molar refractivity (Wildman–Crippen MR) is 54.0 cm³/mol. The lowest BCUT2D eigenvalue weighted by Crippen LogP contribution is -2.25. The van der Waals surface area contributed by atoms with Crippen molar-refractivity contribution in [2.45, 2.75) is 18.8 Å². The number of aromatic nitrogens is 3. The minimum absolute atomic E-state index is 0.232. The summed E-state index contributed by atoms with van der Waals surface area (Å²) in [5.74, 6) is -1.27. The van der Waals surface area contributed by atoms with Crippen molar-refractivity contribution < 1.29 is 13.5 Å². The SMILES string of the molecule is C[C@@H]1O[C@@]1(c1ccc(F)cc1F)n1cncn1. The molecule has 2 heterocycles. The zero-order chi connectivity index (χ0) is 12.0. The molecule has 1 aromatic carbocycles. The molecule has 1 aliphatic heterocycles. The van der Waals surface area contributed by atoms with Crippen molar-refractivity contribution in [3.05, 3.63) is 48.1 Å². The van der Waals surface area contributed by atoms with Crippen LogP contribution >= 0.6 is 0 Å². The van der Waals surface area contributed by atoms with Gasteiger partial charge < -0.3 is 4.74 Å². The minimum Gasteiger partial charge on any atom is -0.339 e. The molecule has 1 saturated heterocycles. The molecule has 4 nitrogen and oxygen atoms in total. The number of epoxide rings is 1. The Morgan fingerprint density at radius 2 is 2.18 bits per heavy atom. The van der Waals surface area contributed by atoms with Gasteiger partial charge in [-0.05, 0) is 19.1 Å². The van der Waals surface area contributed by atoms with Crippen LogP contribution in [0.5, 0.6) is 0 Å². The first-order valence-corrected chi connectivity index (χ1v) is 5.13. The van der Waals surface area contributed by atoms with Gasteiger partial charge in [0.2, 0.25) is 5.72 Å². The molecule has 17 heavy (non-hydrogen) atoms. The van der Waals surface area contributed by atoms with Crippen LogP contribution in [-0.2, 0) is 10.5 Å². The smallest absolute Gasteiger partial charge is 0.217 e. The topological polar surface area (TPSA) is 43.2 Å². The van der Waals surface area contributed by atoms with Gasteiger partial charge in [-0.2, -0.15) is 5.10 Å². The lowest BCUT2D eigenvalue weighted by atomic mass is 10.0. The standard InChI is InChI=1S/C11H9F2N3O/c1-7-11(17-7,16-6-14-5-15-16)9-3-2-8(12)4-10(9)13/h2-7H,1H3/t7-,11-/m0/s1. The van der Waals surface area contributed by atoms with Gasteiger partial charge in [0, 0.05) is 11.6 Å². The third kappa shape index (κ3) is 1.37. The normalized spacial score (nSPS) is 27.1. The molecule has 1 aliphatic rings. The molecule has 0 radical (unpaired) electrons. The number of rotatable bonds is 2. The van der Waals surface area contributed by atoms with E-state index in [0.29, 0.717) is 0 Å². The summed E-state index contributed by atoms with van der Waals surface area (Å²) < 4.78 is 33.5. The molecule has 1 fully saturated rings.